The van der Waals surface area contributed by atoms with E-state index < -0.39 is 5.97 Å². The van der Waals surface area contributed by atoms with E-state index >= 15 is 0 Å². The van der Waals surface area contributed by atoms with Crippen molar-refractivity contribution in [3.05, 3.63) is 34.3 Å². The van der Waals surface area contributed by atoms with Gasteiger partial charge in [-0.25, -0.2) is 0 Å². The Hall–Kier alpha value is -1.64. The lowest BCUT2D eigenvalue weighted by atomic mass is 10.1. The minimum absolute atomic E-state index is 0.101. The largest absolute Gasteiger partial charge is 0.481 e. The maximum Gasteiger partial charge on any atom is 0.313 e. The second kappa shape index (κ2) is 6.88. The Morgan fingerprint density at radius 3 is 2.86 bits per heavy atom. The van der Waals surface area contributed by atoms with Gasteiger partial charge in [-0.15, -0.1) is 10.2 Å². The number of hydrogen-bond donors (Lipinski definition) is 2. The molecule has 110 valence electrons. The first-order valence-corrected chi connectivity index (χ1v) is 7.89. The van der Waals surface area contributed by atoms with E-state index in [1.165, 1.54) is 0 Å². The van der Waals surface area contributed by atoms with Crippen LogP contribution in [-0.4, -0.2) is 32.9 Å². The molecule has 1 aromatic heterocycles. The molecule has 0 unspecified atom stereocenters. The summed E-state index contributed by atoms with van der Waals surface area (Å²) in [6, 6.07) is 5.00. The molecular weight excluding hydrogens is 334 g/mol. The summed E-state index contributed by atoms with van der Waals surface area (Å²) < 4.78 is 0.481. The van der Waals surface area contributed by atoms with Crippen molar-refractivity contribution in [3.63, 3.8) is 0 Å². The molecule has 2 aromatic rings. The summed E-state index contributed by atoms with van der Waals surface area (Å²) in [6.45, 7) is 1.85. The molecule has 21 heavy (non-hydrogen) atoms. The molecule has 9 heteroatoms. The second-order valence-corrected chi connectivity index (χ2v) is 6.58. The first-order valence-electron chi connectivity index (χ1n) is 5.71. The van der Waals surface area contributed by atoms with Crippen molar-refractivity contribution in [2.75, 3.05) is 11.1 Å². The molecule has 0 saturated heterocycles. The van der Waals surface area contributed by atoms with Crippen molar-refractivity contribution in [1.29, 1.82) is 0 Å². The summed E-state index contributed by atoms with van der Waals surface area (Å²) >= 11 is 8.14. The Labute approximate surface area is 133 Å². The maximum absolute atomic E-state index is 12.0. The Bertz CT molecular complexity index is 690. The number of aliphatic carboxylic acids is 1. The highest BCUT2D eigenvalue weighted by Gasteiger charge is 2.12. The number of carboxylic acids is 1. The lowest BCUT2D eigenvalue weighted by molar-refractivity contribution is -0.133. The van der Waals surface area contributed by atoms with E-state index in [1.54, 1.807) is 18.2 Å². The van der Waals surface area contributed by atoms with Crippen molar-refractivity contribution in [2.24, 2.45) is 0 Å². The molecule has 0 saturated carbocycles. The molecular formula is C12H10ClN3O3S2. The van der Waals surface area contributed by atoms with Gasteiger partial charge in [0.25, 0.3) is 5.91 Å². The highest BCUT2D eigenvalue weighted by Crippen LogP contribution is 2.26. The van der Waals surface area contributed by atoms with Crippen LogP contribution in [0, 0.1) is 6.92 Å². The molecule has 0 aliphatic heterocycles. The van der Waals surface area contributed by atoms with Gasteiger partial charge in [-0.3, -0.25) is 14.9 Å². The van der Waals surface area contributed by atoms with Gasteiger partial charge in [0.2, 0.25) is 5.13 Å². The van der Waals surface area contributed by atoms with E-state index in [0.717, 1.165) is 28.7 Å². The number of carbonyl (C=O) groups is 2. The number of nitrogens with one attached hydrogen (secondary N) is 1. The lowest BCUT2D eigenvalue weighted by Crippen LogP contribution is -2.11. The van der Waals surface area contributed by atoms with Crippen molar-refractivity contribution in [2.45, 2.75) is 11.3 Å². The van der Waals surface area contributed by atoms with Gasteiger partial charge in [-0.1, -0.05) is 40.8 Å². The molecule has 6 nitrogen and oxygen atoms in total. The van der Waals surface area contributed by atoms with E-state index in [1.807, 2.05) is 6.92 Å². The van der Waals surface area contributed by atoms with E-state index in [-0.39, 0.29) is 11.7 Å². The zero-order valence-corrected chi connectivity index (χ0v) is 13.2. The molecule has 0 bridgehead atoms. The van der Waals surface area contributed by atoms with Crippen molar-refractivity contribution in [3.8, 4) is 0 Å². The summed E-state index contributed by atoms with van der Waals surface area (Å²) in [5.41, 5.74) is 1.30. The van der Waals surface area contributed by atoms with Gasteiger partial charge in [-0.05, 0) is 24.6 Å². The molecule has 0 radical (unpaired) electrons. The van der Waals surface area contributed by atoms with Crippen LogP contribution in [-0.2, 0) is 4.79 Å². The molecule has 2 rings (SSSR count). The van der Waals surface area contributed by atoms with Crippen LogP contribution < -0.4 is 5.32 Å². The fourth-order valence-electron chi connectivity index (χ4n) is 1.35. The molecule has 0 spiro atoms. The number of carboxylic acid groups (broad SMARTS) is 1. The van der Waals surface area contributed by atoms with E-state index in [2.05, 4.69) is 15.5 Å². The standard InChI is InChI=1S/C12H10ClN3O3S2/c1-6-2-3-7(4-8(6)13)10(19)14-11-15-16-12(21-11)20-5-9(17)18/h2-4H,5H2,1H3,(H,17,18)(H,14,15,19). The number of rotatable bonds is 5. The molecule has 1 heterocycles. The number of hydrogen-bond acceptors (Lipinski definition) is 6. The summed E-state index contributed by atoms with van der Waals surface area (Å²) in [5, 5.41) is 19.6. The fourth-order valence-corrected chi connectivity index (χ4v) is 2.99. The smallest absolute Gasteiger partial charge is 0.313 e. The number of benzene rings is 1. The quantitative estimate of drug-likeness (QED) is 0.640. The van der Waals surface area contributed by atoms with E-state index in [9.17, 15) is 9.59 Å². The average molecular weight is 344 g/mol. The number of nitrogens with zero attached hydrogens (tertiary/aromatic N) is 2. The average Bonchev–Trinajstić information content (AvgIpc) is 2.87. The number of thioether (sulfide) groups is 1. The Morgan fingerprint density at radius 2 is 2.19 bits per heavy atom. The second-order valence-electron chi connectivity index (χ2n) is 3.97. The van der Waals surface area contributed by atoms with Crippen LogP contribution in [0.15, 0.2) is 22.5 Å². The Morgan fingerprint density at radius 1 is 1.43 bits per heavy atom. The van der Waals surface area contributed by atoms with Crippen LogP contribution in [0.3, 0.4) is 0 Å². The number of carbonyl (C=O) groups excluding carboxylic acids is 1. The van der Waals surface area contributed by atoms with E-state index in [4.69, 9.17) is 16.7 Å². The van der Waals surface area contributed by atoms with Gasteiger partial charge in [0, 0.05) is 10.6 Å². The van der Waals surface area contributed by atoms with Crippen LogP contribution >= 0.6 is 34.7 Å². The van der Waals surface area contributed by atoms with Crippen LogP contribution in [0.4, 0.5) is 5.13 Å². The maximum atomic E-state index is 12.0. The predicted molar refractivity (Wildman–Crippen MR) is 82.4 cm³/mol. The van der Waals surface area contributed by atoms with Gasteiger partial charge in [-0.2, -0.15) is 0 Å². The highest BCUT2D eigenvalue weighted by atomic mass is 35.5. The van der Waals surface area contributed by atoms with Crippen molar-refractivity contribution < 1.29 is 14.7 Å². The third-order valence-electron chi connectivity index (χ3n) is 2.38. The molecule has 1 aromatic carbocycles. The minimum Gasteiger partial charge on any atom is -0.481 e. The first-order chi connectivity index (χ1) is 9.95. The summed E-state index contributed by atoms with van der Waals surface area (Å²) in [4.78, 5) is 22.5. The monoisotopic (exact) mass is 343 g/mol. The SMILES string of the molecule is Cc1ccc(C(=O)Nc2nnc(SCC(=O)O)s2)cc1Cl. The van der Waals surface area contributed by atoms with Crippen LogP contribution in [0.1, 0.15) is 15.9 Å². The van der Waals surface area contributed by atoms with Crippen molar-refractivity contribution >= 4 is 51.7 Å². The Kier molecular flexibility index (Phi) is 5.16. The van der Waals surface area contributed by atoms with Crippen LogP contribution in [0.2, 0.25) is 5.02 Å². The van der Waals surface area contributed by atoms with Gasteiger partial charge in [0.15, 0.2) is 4.34 Å². The molecule has 0 atom stereocenters. The van der Waals surface area contributed by atoms with Gasteiger partial charge in [0.05, 0.1) is 5.75 Å². The number of halogens is 1. The third-order valence-corrected chi connectivity index (χ3v) is 4.74. The molecule has 0 fully saturated rings. The third kappa shape index (κ3) is 4.42. The Balaban J connectivity index is 2.02. The zero-order chi connectivity index (χ0) is 15.4. The molecule has 1 amide bonds. The lowest BCUT2D eigenvalue weighted by Gasteiger charge is -2.03. The summed E-state index contributed by atoms with van der Waals surface area (Å²) in [5.74, 6) is -1.38. The topological polar surface area (TPSA) is 92.2 Å². The minimum atomic E-state index is -0.935. The number of aryl methyl sites for hydroxylation is 1. The zero-order valence-electron chi connectivity index (χ0n) is 10.8. The van der Waals surface area contributed by atoms with Crippen molar-refractivity contribution in [1.82, 2.24) is 10.2 Å². The molecule has 0 aliphatic rings. The summed E-state index contributed by atoms with van der Waals surface area (Å²) in [7, 11) is 0. The van der Waals surface area contributed by atoms with Crippen LogP contribution in [0.25, 0.3) is 0 Å². The molecule has 2 N–H and O–H groups in total. The number of aromatic nitrogens is 2. The fraction of sp³-hybridized carbons (Fsp3) is 0.167. The number of anilines is 1. The van der Waals surface area contributed by atoms with E-state index in [0.29, 0.717) is 20.1 Å². The highest BCUT2D eigenvalue weighted by molar-refractivity contribution is 8.01. The van der Waals surface area contributed by atoms with Gasteiger partial charge < -0.3 is 5.11 Å². The summed E-state index contributed by atoms with van der Waals surface area (Å²) in [6.07, 6.45) is 0. The normalized spacial score (nSPS) is 10.4. The predicted octanol–water partition coefficient (Wildman–Crippen LogP) is 2.93. The van der Waals surface area contributed by atoms with Gasteiger partial charge >= 0.3 is 5.97 Å². The first kappa shape index (κ1) is 15.7. The van der Waals surface area contributed by atoms with Crippen LogP contribution in [0.5, 0.6) is 0 Å². The molecule has 0 aliphatic carbocycles. The number of amides is 1. The van der Waals surface area contributed by atoms with Gasteiger partial charge in [0.1, 0.15) is 0 Å².